The molecule has 0 aliphatic heterocycles. The molecule has 1 N–H and O–H groups in total. The minimum absolute atomic E-state index is 0.622. The third kappa shape index (κ3) is 3.30. The van der Waals surface area contributed by atoms with Gasteiger partial charge in [-0.1, -0.05) is 22.9 Å². The van der Waals surface area contributed by atoms with E-state index in [1.165, 1.54) is 0 Å². The van der Waals surface area contributed by atoms with Crippen LogP contribution in [-0.4, -0.2) is 33.9 Å². The molecule has 1 aromatic heterocycles. The predicted molar refractivity (Wildman–Crippen MR) is 75.4 cm³/mol. The first-order valence-corrected chi connectivity index (χ1v) is 6.87. The second kappa shape index (κ2) is 6.63. The summed E-state index contributed by atoms with van der Waals surface area (Å²) in [4.78, 5) is 0. The van der Waals surface area contributed by atoms with Gasteiger partial charge in [-0.2, -0.15) is 4.68 Å². The van der Waals surface area contributed by atoms with Gasteiger partial charge >= 0.3 is 0 Å². The van der Waals surface area contributed by atoms with Crippen molar-refractivity contribution in [3.8, 4) is 11.4 Å². The number of ether oxygens (including phenoxy) is 1. The van der Waals surface area contributed by atoms with Gasteiger partial charge in [-0.15, -0.1) is 5.10 Å². The number of aromatic nitrogens is 4. The zero-order chi connectivity index (χ0) is 13.7. The van der Waals surface area contributed by atoms with Crippen LogP contribution in [0.15, 0.2) is 22.7 Å². The fourth-order valence-corrected chi connectivity index (χ4v) is 2.06. The van der Waals surface area contributed by atoms with Crippen molar-refractivity contribution in [1.82, 2.24) is 25.5 Å². The van der Waals surface area contributed by atoms with Crippen molar-refractivity contribution in [2.24, 2.45) is 0 Å². The quantitative estimate of drug-likeness (QED) is 0.822. The molecule has 19 heavy (non-hydrogen) atoms. The molecule has 0 fully saturated rings. The van der Waals surface area contributed by atoms with Crippen molar-refractivity contribution in [2.75, 3.05) is 13.7 Å². The number of rotatable bonds is 6. The van der Waals surface area contributed by atoms with Crippen LogP contribution in [0.3, 0.4) is 0 Å². The molecule has 0 saturated heterocycles. The molecule has 7 heteroatoms. The summed E-state index contributed by atoms with van der Waals surface area (Å²) in [6.07, 6.45) is 1.07. The third-order valence-corrected chi connectivity index (χ3v) is 3.11. The molecule has 1 heterocycles. The number of benzene rings is 1. The molecule has 0 spiro atoms. The Morgan fingerprint density at radius 2 is 2.26 bits per heavy atom. The summed E-state index contributed by atoms with van der Waals surface area (Å²) in [5.74, 6) is 1.48. The Kier molecular flexibility index (Phi) is 4.86. The van der Waals surface area contributed by atoms with Crippen molar-refractivity contribution in [2.45, 2.75) is 19.9 Å². The largest absolute Gasteiger partial charge is 0.494 e. The summed E-state index contributed by atoms with van der Waals surface area (Å²) in [7, 11) is 1.63. The highest BCUT2D eigenvalue weighted by atomic mass is 79.9. The molecule has 0 aliphatic carbocycles. The number of hydrogen-bond acceptors (Lipinski definition) is 5. The van der Waals surface area contributed by atoms with E-state index in [1.807, 2.05) is 18.2 Å². The van der Waals surface area contributed by atoms with E-state index in [1.54, 1.807) is 11.8 Å². The van der Waals surface area contributed by atoms with Crippen LogP contribution in [0.2, 0.25) is 0 Å². The van der Waals surface area contributed by atoms with Crippen LogP contribution in [0.4, 0.5) is 0 Å². The predicted octanol–water partition coefficient (Wildman–Crippen LogP) is 1.93. The average molecular weight is 326 g/mol. The van der Waals surface area contributed by atoms with Crippen LogP contribution >= 0.6 is 15.9 Å². The normalized spacial score (nSPS) is 10.7. The first-order chi connectivity index (χ1) is 9.26. The highest BCUT2D eigenvalue weighted by molar-refractivity contribution is 9.10. The molecule has 102 valence electrons. The van der Waals surface area contributed by atoms with E-state index in [0.29, 0.717) is 6.54 Å². The average Bonchev–Trinajstić information content (AvgIpc) is 2.87. The van der Waals surface area contributed by atoms with Gasteiger partial charge < -0.3 is 10.1 Å². The standard InChI is InChI=1S/C12H16BrN5O/c1-3-6-14-8-12-15-16-17-18(12)10-7-9(13)4-5-11(10)19-2/h4-5,7,14H,3,6,8H2,1-2H3. The van der Waals surface area contributed by atoms with E-state index in [4.69, 9.17) is 4.74 Å². The maximum absolute atomic E-state index is 5.35. The zero-order valence-electron chi connectivity index (χ0n) is 10.9. The first kappa shape index (κ1) is 14.0. The lowest BCUT2D eigenvalue weighted by atomic mass is 10.3. The Hall–Kier alpha value is -1.47. The molecule has 0 amide bonds. The summed E-state index contributed by atoms with van der Waals surface area (Å²) < 4.78 is 7.98. The molecular weight excluding hydrogens is 310 g/mol. The van der Waals surface area contributed by atoms with Gasteiger partial charge in [0.2, 0.25) is 0 Å². The van der Waals surface area contributed by atoms with Crippen LogP contribution in [0.5, 0.6) is 5.75 Å². The summed E-state index contributed by atoms with van der Waals surface area (Å²) in [5, 5.41) is 15.1. The van der Waals surface area contributed by atoms with Crippen LogP contribution in [0.1, 0.15) is 19.2 Å². The Morgan fingerprint density at radius 1 is 1.42 bits per heavy atom. The molecule has 2 aromatic rings. The van der Waals surface area contributed by atoms with E-state index < -0.39 is 0 Å². The van der Waals surface area contributed by atoms with Crippen molar-refractivity contribution >= 4 is 15.9 Å². The van der Waals surface area contributed by atoms with Crippen LogP contribution in [0.25, 0.3) is 5.69 Å². The smallest absolute Gasteiger partial charge is 0.170 e. The molecule has 0 unspecified atom stereocenters. The zero-order valence-corrected chi connectivity index (χ0v) is 12.5. The molecule has 2 rings (SSSR count). The second-order valence-corrected chi connectivity index (χ2v) is 4.92. The number of nitrogens with zero attached hydrogens (tertiary/aromatic N) is 4. The maximum Gasteiger partial charge on any atom is 0.170 e. The molecule has 0 atom stereocenters. The van der Waals surface area contributed by atoms with E-state index in [9.17, 15) is 0 Å². The van der Waals surface area contributed by atoms with E-state index in [-0.39, 0.29) is 0 Å². The van der Waals surface area contributed by atoms with Crippen molar-refractivity contribution in [3.63, 3.8) is 0 Å². The summed E-state index contributed by atoms with van der Waals surface area (Å²) in [6, 6.07) is 5.73. The van der Waals surface area contributed by atoms with Crippen molar-refractivity contribution in [3.05, 3.63) is 28.5 Å². The summed E-state index contributed by atoms with van der Waals surface area (Å²) in [5.41, 5.74) is 0.815. The monoisotopic (exact) mass is 325 g/mol. The fourth-order valence-electron chi connectivity index (χ4n) is 1.71. The topological polar surface area (TPSA) is 64.9 Å². The molecule has 0 aliphatic rings. The Labute approximate surface area is 120 Å². The Morgan fingerprint density at radius 3 is 3.00 bits per heavy atom. The Balaban J connectivity index is 2.31. The number of hydrogen-bond donors (Lipinski definition) is 1. The second-order valence-electron chi connectivity index (χ2n) is 4.00. The van der Waals surface area contributed by atoms with Gasteiger partial charge in [0.05, 0.1) is 13.7 Å². The third-order valence-electron chi connectivity index (χ3n) is 2.61. The Bertz CT molecular complexity index is 543. The van der Waals surface area contributed by atoms with Crippen LogP contribution in [0, 0.1) is 0 Å². The van der Waals surface area contributed by atoms with Gasteiger partial charge in [0.25, 0.3) is 0 Å². The highest BCUT2D eigenvalue weighted by Crippen LogP contribution is 2.26. The van der Waals surface area contributed by atoms with Gasteiger partial charge in [-0.05, 0) is 41.6 Å². The van der Waals surface area contributed by atoms with Gasteiger partial charge in [-0.3, -0.25) is 0 Å². The van der Waals surface area contributed by atoms with Crippen LogP contribution in [-0.2, 0) is 6.54 Å². The summed E-state index contributed by atoms with van der Waals surface area (Å²) in [6.45, 7) is 3.67. The van der Waals surface area contributed by atoms with Crippen molar-refractivity contribution in [1.29, 1.82) is 0 Å². The lowest BCUT2D eigenvalue weighted by Crippen LogP contribution is -2.18. The lowest BCUT2D eigenvalue weighted by molar-refractivity contribution is 0.410. The lowest BCUT2D eigenvalue weighted by Gasteiger charge is -2.10. The van der Waals surface area contributed by atoms with E-state index in [2.05, 4.69) is 43.7 Å². The van der Waals surface area contributed by atoms with Gasteiger partial charge in [0.15, 0.2) is 5.82 Å². The number of halogens is 1. The molecule has 0 radical (unpaired) electrons. The van der Waals surface area contributed by atoms with E-state index >= 15 is 0 Å². The fraction of sp³-hybridized carbons (Fsp3) is 0.417. The molecular formula is C12H16BrN5O. The minimum Gasteiger partial charge on any atom is -0.494 e. The van der Waals surface area contributed by atoms with Gasteiger partial charge in [0.1, 0.15) is 11.4 Å². The molecule has 0 saturated carbocycles. The summed E-state index contributed by atoms with van der Waals surface area (Å²) >= 11 is 3.45. The van der Waals surface area contributed by atoms with Crippen molar-refractivity contribution < 1.29 is 4.74 Å². The molecule has 0 bridgehead atoms. The molecule has 6 nitrogen and oxygen atoms in total. The number of tetrazole rings is 1. The minimum atomic E-state index is 0.622. The maximum atomic E-state index is 5.35. The highest BCUT2D eigenvalue weighted by Gasteiger charge is 2.12. The SMILES string of the molecule is CCCNCc1nnnn1-c1cc(Br)ccc1OC. The number of methoxy groups -OCH3 is 1. The van der Waals surface area contributed by atoms with Gasteiger partial charge in [-0.25, -0.2) is 0 Å². The van der Waals surface area contributed by atoms with Gasteiger partial charge in [0, 0.05) is 4.47 Å². The van der Waals surface area contributed by atoms with E-state index in [0.717, 1.165) is 34.7 Å². The van der Waals surface area contributed by atoms with Crippen LogP contribution < -0.4 is 10.1 Å². The number of nitrogens with one attached hydrogen (secondary N) is 1. The molecule has 1 aromatic carbocycles. The first-order valence-electron chi connectivity index (χ1n) is 6.08.